The van der Waals surface area contributed by atoms with Crippen LogP contribution in [0.4, 0.5) is 20.8 Å². The lowest BCUT2D eigenvalue weighted by atomic mass is 10.2. The number of ether oxygens (including phenoxy) is 1. The highest BCUT2D eigenvalue weighted by Crippen LogP contribution is 2.18. The molecule has 0 aliphatic carbocycles. The molecule has 0 spiro atoms. The van der Waals surface area contributed by atoms with Gasteiger partial charge in [-0.25, -0.2) is 14.2 Å². The van der Waals surface area contributed by atoms with Crippen molar-refractivity contribution in [3.8, 4) is 0 Å². The molecule has 8 heteroatoms. The zero-order valence-corrected chi connectivity index (χ0v) is 12.6. The second-order valence-electron chi connectivity index (χ2n) is 4.89. The lowest BCUT2D eigenvalue weighted by molar-refractivity contribution is 0.102. The fourth-order valence-electron chi connectivity index (χ4n) is 2.09. The van der Waals surface area contributed by atoms with Gasteiger partial charge in [-0.2, -0.15) is 0 Å². The first-order valence-corrected chi connectivity index (χ1v) is 6.97. The van der Waals surface area contributed by atoms with Gasteiger partial charge in [0.25, 0.3) is 5.91 Å². The van der Waals surface area contributed by atoms with Crippen molar-refractivity contribution in [1.29, 1.82) is 0 Å². The fourth-order valence-corrected chi connectivity index (χ4v) is 2.09. The number of nitrogens with zero attached hydrogens (tertiary/aromatic N) is 1. The number of hydrogen-bond donors (Lipinski definition) is 3. The van der Waals surface area contributed by atoms with Gasteiger partial charge < -0.3 is 15.0 Å². The largest absolute Gasteiger partial charge is 0.453 e. The Hall–Kier alpha value is -3.42. The quantitative estimate of drug-likeness (QED) is 0.688. The van der Waals surface area contributed by atoms with Crippen molar-refractivity contribution in [3.63, 3.8) is 0 Å². The third-order valence-electron chi connectivity index (χ3n) is 3.25. The van der Waals surface area contributed by atoms with Gasteiger partial charge in [-0.15, -0.1) is 0 Å². The number of amides is 2. The number of rotatable bonds is 3. The van der Waals surface area contributed by atoms with Crippen molar-refractivity contribution in [3.05, 3.63) is 53.8 Å². The summed E-state index contributed by atoms with van der Waals surface area (Å²) in [5.74, 6) is -0.508. The monoisotopic (exact) mass is 328 g/mol. The number of hydrogen-bond acceptors (Lipinski definition) is 4. The Morgan fingerprint density at radius 3 is 2.58 bits per heavy atom. The normalized spacial score (nSPS) is 10.4. The van der Waals surface area contributed by atoms with E-state index in [4.69, 9.17) is 0 Å². The molecule has 0 aliphatic heterocycles. The number of benzene rings is 2. The van der Waals surface area contributed by atoms with Gasteiger partial charge in [0.2, 0.25) is 5.95 Å². The van der Waals surface area contributed by atoms with Crippen molar-refractivity contribution >= 4 is 34.7 Å². The Morgan fingerprint density at radius 2 is 1.88 bits per heavy atom. The molecular weight excluding hydrogens is 315 g/mol. The number of halogens is 1. The Kier molecular flexibility index (Phi) is 4.11. The Bertz CT molecular complexity index is 905. The highest BCUT2D eigenvalue weighted by molar-refractivity contribution is 6.06. The first-order valence-electron chi connectivity index (χ1n) is 6.97. The SMILES string of the molecule is COC(=O)Nc1nc2ccc(C(=O)Nc3ccc(F)cc3)cc2[nH]1. The van der Waals surface area contributed by atoms with Crippen molar-refractivity contribution in [1.82, 2.24) is 9.97 Å². The lowest BCUT2D eigenvalue weighted by Gasteiger charge is -2.05. The third-order valence-corrected chi connectivity index (χ3v) is 3.25. The minimum absolute atomic E-state index is 0.216. The molecule has 0 aliphatic rings. The number of imidazole rings is 1. The molecule has 0 saturated heterocycles. The Labute approximate surface area is 135 Å². The minimum atomic E-state index is -0.650. The van der Waals surface area contributed by atoms with Gasteiger partial charge in [0, 0.05) is 11.3 Å². The van der Waals surface area contributed by atoms with E-state index >= 15 is 0 Å². The van der Waals surface area contributed by atoms with Crippen LogP contribution in [0.5, 0.6) is 0 Å². The molecule has 122 valence electrons. The Morgan fingerprint density at radius 1 is 1.12 bits per heavy atom. The molecule has 1 heterocycles. The van der Waals surface area contributed by atoms with Crippen LogP contribution in [-0.4, -0.2) is 29.1 Å². The van der Waals surface area contributed by atoms with Crippen LogP contribution in [0.2, 0.25) is 0 Å². The summed E-state index contributed by atoms with van der Waals surface area (Å²) in [6.45, 7) is 0. The number of nitrogens with one attached hydrogen (secondary N) is 3. The molecule has 24 heavy (non-hydrogen) atoms. The van der Waals surface area contributed by atoms with Crippen molar-refractivity contribution < 1.29 is 18.7 Å². The lowest BCUT2D eigenvalue weighted by Crippen LogP contribution is -2.12. The molecular formula is C16H13FN4O3. The van der Waals surface area contributed by atoms with E-state index < -0.39 is 6.09 Å². The molecule has 7 nitrogen and oxygen atoms in total. The number of anilines is 2. The standard InChI is InChI=1S/C16H13FN4O3/c1-24-16(23)21-15-19-12-7-2-9(8-13(12)20-15)14(22)18-11-5-3-10(17)4-6-11/h2-8H,1H3,(H,18,22)(H2,19,20,21,23). The van der Waals surface area contributed by atoms with E-state index in [2.05, 4.69) is 25.3 Å². The molecule has 2 amide bonds. The molecule has 3 rings (SSSR count). The molecule has 0 bridgehead atoms. The molecule has 0 fully saturated rings. The minimum Gasteiger partial charge on any atom is -0.453 e. The molecule has 2 aromatic carbocycles. The summed E-state index contributed by atoms with van der Waals surface area (Å²) in [6, 6.07) is 10.3. The Balaban J connectivity index is 1.80. The average molecular weight is 328 g/mol. The van der Waals surface area contributed by atoms with Gasteiger partial charge >= 0.3 is 6.09 Å². The second kappa shape index (κ2) is 6.37. The first kappa shape index (κ1) is 15.5. The number of fused-ring (bicyclic) bond motifs is 1. The van der Waals surface area contributed by atoms with Crippen molar-refractivity contribution in [2.45, 2.75) is 0 Å². The summed E-state index contributed by atoms with van der Waals surface area (Å²) < 4.78 is 17.4. The first-order chi connectivity index (χ1) is 11.5. The van der Waals surface area contributed by atoms with Gasteiger partial charge in [0.05, 0.1) is 18.1 Å². The summed E-state index contributed by atoms with van der Waals surface area (Å²) in [5, 5.41) is 5.08. The van der Waals surface area contributed by atoms with E-state index in [1.54, 1.807) is 18.2 Å². The van der Waals surface area contributed by atoms with Gasteiger partial charge in [-0.1, -0.05) is 0 Å². The van der Waals surface area contributed by atoms with E-state index in [0.29, 0.717) is 22.3 Å². The molecule has 3 N–H and O–H groups in total. The summed E-state index contributed by atoms with van der Waals surface area (Å²) in [6.07, 6.45) is -0.650. The molecule has 0 atom stereocenters. The van der Waals surface area contributed by atoms with Crippen LogP contribution < -0.4 is 10.6 Å². The average Bonchev–Trinajstić information content (AvgIpc) is 2.97. The van der Waals surface area contributed by atoms with Crippen molar-refractivity contribution in [2.75, 3.05) is 17.7 Å². The van der Waals surface area contributed by atoms with Crippen LogP contribution in [0.25, 0.3) is 11.0 Å². The molecule has 0 unspecified atom stereocenters. The highest BCUT2D eigenvalue weighted by atomic mass is 19.1. The topological polar surface area (TPSA) is 96.1 Å². The zero-order chi connectivity index (χ0) is 17.1. The number of aromatic amines is 1. The maximum Gasteiger partial charge on any atom is 0.413 e. The van der Waals surface area contributed by atoms with E-state index in [1.165, 1.54) is 31.4 Å². The number of carbonyl (C=O) groups excluding carboxylic acids is 2. The fraction of sp³-hybridized carbons (Fsp3) is 0.0625. The highest BCUT2D eigenvalue weighted by Gasteiger charge is 2.11. The van der Waals surface area contributed by atoms with Crippen LogP contribution in [-0.2, 0) is 4.74 Å². The smallest absolute Gasteiger partial charge is 0.413 e. The van der Waals surface area contributed by atoms with Crippen LogP contribution in [0.1, 0.15) is 10.4 Å². The van der Waals surface area contributed by atoms with Crippen LogP contribution in [0.15, 0.2) is 42.5 Å². The van der Waals surface area contributed by atoms with E-state index in [0.717, 1.165) is 0 Å². The number of methoxy groups -OCH3 is 1. The predicted molar refractivity (Wildman–Crippen MR) is 86.5 cm³/mol. The summed E-state index contributed by atoms with van der Waals surface area (Å²) in [7, 11) is 1.25. The van der Waals surface area contributed by atoms with E-state index in [9.17, 15) is 14.0 Å². The van der Waals surface area contributed by atoms with Gasteiger partial charge in [-0.3, -0.25) is 10.1 Å². The summed E-state index contributed by atoms with van der Waals surface area (Å²) >= 11 is 0. The van der Waals surface area contributed by atoms with Gasteiger partial charge in [0.1, 0.15) is 5.82 Å². The number of H-pyrrole nitrogens is 1. The summed E-state index contributed by atoms with van der Waals surface area (Å²) in [5.41, 5.74) is 2.03. The molecule has 0 radical (unpaired) electrons. The maximum atomic E-state index is 12.9. The van der Waals surface area contributed by atoms with Crippen LogP contribution >= 0.6 is 0 Å². The second-order valence-corrected chi connectivity index (χ2v) is 4.89. The number of aromatic nitrogens is 2. The van der Waals surface area contributed by atoms with Crippen LogP contribution in [0, 0.1) is 5.82 Å². The van der Waals surface area contributed by atoms with E-state index in [1.807, 2.05) is 0 Å². The molecule has 3 aromatic rings. The van der Waals surface area contributed by atoms with Crippen molar-refractivity contribution in [2.24, 2.45) is 0 Å². The maximum absolute atomic E-state index is 12.9. The summed E-state index contributed by atoms with van der Waals surface area (Å²) in [4.78, 5) is 30.4. The van der Waals surface area contributed by atoms with Gasteiger partial charge in [0.15, 0.2) is 0 Å². The number of carbonyl (C=O) groups is 2. The zero-order valence-electron chi connectivity index (χ0n) is 12.6. The van der Waals surface area contributed by atoms with Crippen LogP contribution in [0.3, 0.4) is 0 Å². The van der Waals surface area contributed by atoms with Gasteiger partial charge in [-0.05, 0) is 42.5 Å². The third kappa shape index (κ3) is 3.32. The van der Waals surface area contributed by atoms with E-state index in [-0.39, 0.29) is 17.7 Å². The molecule has 1 aromatic heterocycles. The molecule has 0 saturated carbocycles. The predicted octanol–water partition coefficient (Wildman–Crippen LogP) is 3.13.